The van der Waals surface area contributed by atoms with Gasteiger partial charge < -0.3 is 0 Å². The van der Waals surface area contributed by atoms with Gasteiger partial charge in [-0.2, -0.15) is 0 Å². The highest BCUT2D eigenvalue weighted by Gasteiger charge is 2.25. The molecule has 2 heteroatoms. The molecule has 0 radical (unpaired) electrons. The summed E-state index contributed by atoms with van der Waals surface area (Å²) in [5.74, 6) is 1.93. The van der Waals surface area contributed by atoms with Gasteiger partial charge in [0, 0.05) is 18.0 Å². The zero-order valence-electron chi connectivity index (χ0n) is 18.5. The van der Waals surface area contributed by atoms with Crippen molar-refractivity contribution in [3.05, 3.63) is 71.5 Å². The number of nitrogens with zero attached hydrogens (tertiary/aromatic N) is 2. The summed E-state index contributed by atoms with van der Waals surface area (Å²) in [6.07, 6.45) is 5.15. The first-order valence-electron chi connectivity index (χ1n) is 10.5. The van der Waals surface area contributed by atoms with Crippen LogP contribution < -0.4 is 0 Å². The second-order valence-corrected chi connectivity index (χ2v) is 9.00. The molecule has 2 aromatic carbocycles. The third kappa shape index (κ3) is 3.65. The van der Waals surface area contributed by atoms with Crippen molar-refractivity contribution in [1.29, 1.82) is 0 Å². The Labute approximate surface area is 170 Å². The summed E-state index contributed by atoms with van der Waals surface area (Å²) < 4.78 is 2.31. The molecule has 3 rings (SSSR count). The van der Waals surface area contributed by atoms with Gasteiger partial charge >= 0.3 is 0 Å². The van der Waals surface area contributed by atoms with Gasteiger partial charge in [0.05, 0.1) is 5.69 Å². The van der Waals surface area contributed by atoms with Gasteiger partial charge in [-0.25, -0.2) is 4.98 Å². The fourth-order valence-electron chi connectivity index (χ4n) is 3.93. The molecular weight excluding hydrogens is 340 g/mol. The minimum atomic E-state index is 0.103. The Morgan fingerprint density at radius 3 is 2.07 bits per heavy atom. The van der Waals surface area contributed by atoms with Crippen LogP contribution in [0, 0.1) is 0 Å². The van der Waals surface area contributed by atoms with E-state index in [-0.39, 0.29) is 5.41 Å². The van der Waals surface area contributed by atoms with Crippen molar-refractivity contribution >= 4 is 0 Å². The fourth-order valence-corrected chi connectivity index (χ4v) is 3.93. The number of para-hydroxylation sites is 1. The predicted octanol–water partition coefficient (Wildman–Crippen LogP) is 7.47. The Kier molecular flexibility index (Phi) is 5.79. The van der Waals surface area contributed by atoms with Crippen LogP contribution >= 0.6 is 0 Å². The lowest BCUT2D eigenvalue weighted by Gasteiger charge is -2.27. The quantitative estimate of drug-likeness (QED) is 0.437. The van der Waals surface area contributed by atoms with Crippen LogP contribution in [0.1, 0.15) is 83.4 Å². The van der Waals surface area contributed by atoms with Crippen molar-refractivity contribution in [2.24, 2.45) is 0 Å². The topological polar surface area (TPSA) is 17.8 Å². The van der Waals surface area contributed by atoms with Gasteiger partial charge in [0.1, 0.15) is 5.82 Å². The van der Waals surface area contributed by atoms with E-state index in [1.54, 1.807) is 0 Å². The maximum atomic E-state index is 4.84. The average molecular weight is 375 g/mol. The molecule has 3 aromatic rings. The Morgan fingerprint density at radius 1 is 0.893 bits per heavy atom. The summed E-state index contributed by atoms with van der Waals surface area (Å²) in [7, 11) is 0. The van der Waals surface area contributed by atoms with Crippen molar-refractivity contribution in [2.45, 2.75) is 72.1 Å². The van der Waals surface area contributed by atoms with Crippen molar-refractivity contribution in [1.82, 2.24) is 9.55 Å². The molecule has 0 unspecified atom stereocenters. The average Bonchev–Trinajstić information content (AvgIpc) is 3.16. The van der Waals surface area contributed by atoms with Gasteiger partial charge in [-0.3, -0.25) is 4.57 Å². The van der Waals surface area contributed by atoms with E-state index in [0.717, 1.165) is 12.2 Å². The lowest BCUT2D eigenvalue weighted by atomic mass is 9.79. The lowest BCUT2D eigenvalue weighted by Crippen LogP contribution is -2.17. The van der Waals surface area contributed by atoms with E-state index in [0.29, 0.717) is 11.8 Å². The highest BCUT2D eigenvalue weighted by Crippen LogP contribution is 2.38. The minimum absolute atomic E-state index is 0.103. The number of rotatable bonds is 6. The highest BCUT2D eigenvalue weighted by molar-refractivity contribution is 5.66. The Balaban J connectivity index is 2.30. The van der Waals surface area contributed by atoms with E-state index in [2.05, 4.69) is 102 Å². The van der Waals surface area contributed by atoms with E-state index >= 15 is 0 Å². The summed E-state index contributed by atoms with van der Waals surface area (Å²) >= 11 is 0. The van der Waals surface area contributed by atoms with E-state index in [4.69, 9.17) is 4.98 Å². The van der Waals surface area contributed by atoms with Gasteiger partial charge in [0.25, 0.3) is 0 Å². The van der Waals surface area contributed by atoms with Crippen LogP contribution in [0.15, 0.2) is 54.9 Å². The molecule has 0 saturated heterocycles. The van der Waals surface area contributed by atoms with Crippen molar-refractivity contribution in [3.8, 4) is 17.1 Å². The third-order valence-electron chi connectivity index (χ3n) is 6.01. The van der Waals surface area contributed by atoms with Crippen LogP contribution in [0.4, 0.5) is 0 Å². The van der Waals surface area contributed by atoms with E-state index < -0.39 is 0 Å². The first-order valence-corrected chi connectivity index (χ1v) is 10.5. The van der Waals surface area contributed by atoms with Crippen molar-refractivity contribution in [2.75, 3.05) is 0 Å². The van der Waals surface area contributed by atoms with Gasteiger partial charge in [0.15, 0.2) is 0 Å². The summed E-state index contributed by atoms with van der Waals surface area (Å²) in [6, 6.07) is 15.5. The zero-order valence-corrected chi connectivity index (χ0v) is 18.5. The van der Waals surface area contributed by atoms with Crippen LogP contribution in [-0.4, -0.2) is 9.55 Å². The predicted molar refractivity (Wildman–Crippen MR) is 120 cm³/mol. The summed E-state index contributed by atoms with van der Waals surface area (Å²) in [6.45, 7) is 16.0. The van der Waals surface area contributed by atoms with Crippen LogP contribution in [0.5, 0.6) is 0 Å². The highest BCUT2D eigenvalue weighted by atomic mass is 15.1. The molecule has 148 valence electrons. The molecule has 0 aliphatic rings. The molecule has 0 spiro atoms. The second kappa shape index (κ2) is 7.95. The first-order chi connectivity index (χ1) is 13.3. The van der Waals surface area contributed by atoms with Gasteiger partial charge in [0.2, 0.25) is 0 Å². The van der Waals surface area contributed by atoms with Crippen molar-refractivity contribution in [3.63, 3.8) is 0 Å². The largest absolute Gasteiger partial charge is 0.299 e. The summed E-state index contributed by atoms with van der Waals surface area (Å²) in [5.41, 5.74) is 6.73. The molecule has 0 N–H and O–H groups in total. The molecule has 0 aliphatic heterocycles. The smallest absolute Gasteiger partial charge is 0.144 e. The SMILES string of the molecule is CCC(C)(C)c1ccccc1-c1nccn1-c1c(C(C)C)cccc1C(C)C. The molecule has 1 heterocycles. The van der Waals surface area contributed by atoms with Crippen LogP contribution in [-0.2, 0) is 5.41 Å². The Morgan fingerprint density at radius 2 is 1.50 bits per heavy atom. The first kappa shape index (κ1) is 20.4. The molecule has 28 heavy (non-hydrogen) atoms. The molecule has 0 saturated carbocycles. The molecule has 0 aliphatic carbocycles. The summed E-state index contributed by atoms with van der Waals surface area (Å²) in [4.78, 5) is 4.84. The maximum Gasteiger partial charge on any atom is 0.144 e. The van der Waals surface area contributed by atoms with E-state index in [9.17, 15) is 0 Å². The number of hydrogen-bond acceptors (Lipinski definition) is 1. The van der Waals surface area contributed by atoms with Crippen LogP contribution in [0.2, 0.25) is 0 Å². The lowest BCUT2D eigenvalue weighted by molar-refractivity contribution is 0.507. The molecule has 1 aromatic heterocycles. The van der Waals surface area contributed by atoms with Crippen molar-refractivity contribution < 1.29 is 0 Å². The van der Waals surface area contributed by atoms with Gasteiger partial charge in [-0.1, -0.05) is 90.9 Å². The number of imidazole rings is 1. The number of hydrogen-bond donors (Lipinski definition) is 0. The molecule has 2 nitrogen and oxygen atoms in total. The number of benzene rings is 2. The van der Waals surface area contributed by atoms with Gasteiger partial charge in [-0.15, -0.1) is 0 Å². The van der Waals surface area contributed by atoms with Gasteiger partial charge in [-0.05, 0) is 40.4 Å². The fraction of sp³-hybridized carbons (Fsp3) is 0.423. The number of aromatic nitrogens is 2. The molecule has 0 fully saturated rings. The molecular formula is C26H34N2. The molecule has 0 atom stereocenters. The van der Waals surface area contributed by atoms with Crippen LogP contribution in [0.25, 0.3) is 17.1 Å². The van der Waals surface area contributed by atoms with Crippen LogP contribution in [0.3, 0.4) is 0 Å². The minimum Gasteiger partial charge on any atom is -0.299 e. The van der Waals surface area contributed by atoms with E-state index in [1.165, 1.54) is 27.9 Å². The Bertz CT molecular complexity index is 918. The maximum absolute atomic E-state index is 4.84. The summed E-state index contributed by atoms with van der Waals surface area (Å²) in [5, 5.41) is 0. The normalized spacial score (nSPS) is 12.2. The zero-order chi connectivity index (χ0) is 20.5. The standard InChI is InChI=1S/C26H34N2/c1-8-26(6,7)23-15-10-9-12-22(23)25-27-16-17-28(25)24-20(18(2)3)13-11-14-21(24)19(4)5/h9-19H,8H2,1-7H3. The molecule has 0 bridgehead atoms. The Hall–Kier alpha value is -2.35. The second-order valence-electron chi connectivity index (χ2n) is 9.00. The molecule has 0 amide bonds. The third-order valence-corrected chi connectivity index (χ3v) is 6.01. The monoisotopic (exact) mass is 374 g/mol. The van der Waals surface area contributed by atoms with E-state index in [1.807, 2.05) is 6.20 Å².